The summed E-state index contributed by atoms with van der Waals surface area (Å²) >= 11 is 0. The van der Waals surface area contributed by atoms with Gasteiger partial charge in [0.1, 0.15) is 12.2 Å². The summed E-state index contributed by atoms with van der Waals surface area (Å²) in [6, 6.07) is 13.8. The summed E-state index contributed by atoms with van der Waals surface area (Å²) in [5.41, 5.74) is 2.44. The van der Waals surface area contributed by atoms with Gasteiger partial charge in [-0.2, -0.15) is 4.99 Å². The van der Waals surface area contributed by atoms with Crippen molar-refractivity contribution in [1.82, 2.24) is 9.55 Å². The number of nitrogens with zero attached hydrogens (tertiary/aromatic N) is 3. The highest BCUT2D eigenvalue weighted by Crippen LogP contribution is 2.22. The van der Waals surface area contributed by atoms with Crippen LogP contribution in [0.4, 0.5) is 13.2 Å². The molecule has 0 atom stereocenters. The lowest BCUT2D eigenvalue weighted by atomic mass is 10.1. The molecule has 0 unspecified atom stereocenters. The Kier molecular flexibility index (Phi) is 3.44. The zero-order valence-corrected chi connectivity index (χ0v) is 11.7. The third kappa shape index (κ3) is 2.86. The Labute approximate surface area is 124 Å². The Morgan fingerprint density at radius 2 is 1.86 bits per heavy atom. The van der Waals surface area contributed by atoms with Gasteiger partial charge in [0.15, 0.2) is 0 Å². The summed E-state index contributed by atoms with van der Waals surface area (Å²) in [5.74, 6) is -0.190. The maximum absolute atomic E-state index is 12.9. The summed E-state index contributed by atoms with van der Waals surface area (Å²) in [5, 5.41) is 0. The van der Waals surface area contributed by atoms with Crippen LogP contribution >= 0.6 is 0 Å². The molecule has 112 valence electrons. The highest BCUT2D eigenvalue weighted by Gasteiger charge is 2.28. The van der Waals surface area contributed by atoms with Crippen LogP contribution in [0.1, 0.15) is 11.1 Å². The highest BCUT2D eigenvalue weighted by molar-refractivity contribution is 6.04. The Hall–Kier alpha value is -2.63. The average Bonchev–Trinajstić information content (AvgIpc) is 2.88. The zero-order valence-electron chi connectivity index (χ0n) is 11.7. The molecular weight excluding hydrogens is 291 g/mol. The first kappa shape index (κ1) is 14.3. The van der Waals surface area contributed by atoms with Crippen LogP contribution in [-0.4, -0.2) is 21.7 Å². The van der Waals surface area contributed by atoms with E-state index in [1.807, 2.05) is 13.0 Å². The predicted molar refractivity (Wildman–Crippen MR) is 78.9 cm³/mol. The van der Waals surface area contributed by atoms with Crippen molar-refractivity contribution in [1.29, 1.82) is 0 Å². The number of aliphatic imine (C=N–C) groups is 1. The van der Waals surface area contributed by atoms with E-state index in [-0.39, 0.29) is 5.84 Å². The van der Waals surface area contributed by atoms with Gasteiger partial charge >= 0.3 is 6.30 Å². The van der Waals surface area contributed by atoms with E-state index in [2.05, 4.69) is 9.98 Å². The molecule has 0 aliphatic carbocycles. The molecular formula is C16H12F3N3. The minimum absolute atomic E-state index is 0.190. The summed E-state index contributed by atoms with van der Waals surface area (Å²) in [7, 11) is 0. The molecule has 1 aromatic heterocycles. The maximum atomic E-state index is 12.9. The second-order valence-corrected chi connectivity index (χ2v) is 4.88. The molecule has 0 spiro atoms. The fraction of sp³-hybridized carbons (Fsp3) is 0.125. The van der Waals surface area contributed by atoms with Crippen molar-refractivity contribution in [2.45, 2.75) is 13.2 Å². The summed E-state index contributed by atoms with van der Waals surface area (Å²) in [6.45, 7) is 1.82. The number of rotatable bonds is 1. The van der Waals surface area contributed by atoms with Crippen LogP contribution in [0.25, 0.3) is 11.0 Å². The van der Waals surface area contributed by atoms with Gasteiger partial charge in [-0.25, -0.2) is 4.98 Å². The van der Waals surface area contributed by atoms with Crippen molar-refractivity contribution in [3.05, 3.63) is 66.0 Å². The van der Waals surface area contributed by atoms with Gasteiger partial charge < -0.3 is 0 Å². The average molecular weight is 303 g/mol. The molecule has 0 aliphatic heterocycles. The number of hydrogen-bond donors (Lipinski definition) is 0. The van der Waals surface area contributed by atoms with E-state index < -0.39 is 6.30 Å². The van der Waals surface area contributed by atoms with Crippen LogP contribution in [0.2, 0.25) is 0 Å². The van der Waals surface area contributed by atoms with E-state index in [0.29, 0.717) is 16.6 Å². The standard InChI is InChI=1S/C16H12F3N3/c1-11-5-4-6-12(9-11)15(21-16(17,18)19)22-10-20-13-7-2-3-8-14(13)22/h2-10H,1H3/b21-15+. The molecule has 0 amide bonds. The summed E-state index contributed by atoms with van der Waals surface area (Å²) < 4.78 is 39.9. The van der Waals surface area contributed by atoms with E-state index in [1.165, 1.54) is 10.9 Å². The second-order valence-electron chi connectivity index (χ2n) is 4.88. The third-order valence-electron chi connectivity index (χ3n) is 3.19. The quantitative estimate of drug-likeness (QED) is 0.377. The third-order valence-corrected chi connectivity index (χ3v) is 3.19. The van der Waals surface area contributed by atoms with Crippen molar-refractivity contribution >= 4 is 16.9 Å². The topological polar surface area (TPSA) is 30.2 Å². The fourth-order valence-corrected chi connectivity index (χ4v) is 2.29. The smallest absolute Gasteiger partial charge is 0.282 e. The Bertz CT molecular complexity index is 847. The molecule has 1 heterocycles. The fourth-order valence-electron chi connectivity index (χ4n) is 2.29. The lowest BCUT2D eigenvalue weighted by molar-refractivity contribution is -0.119. The largest absolute Gasteiger partial charge is 0.505 e. The van der Waals surface area contributed by atoms with Crippen molar-refractivity contribution in [3.8, 4) is 0 Å². The summed E-state index contributed by atoms with van der Waals surface area (Å²) in [6.07, 6.45) is -3.30. The molecule has 0 saturated carbocycles. The van der Waals surface area contributed by atoms with Crippen LogP contribution in [0, 0.1) is 6.92 Å². The van der Waals surface area contributed by atoms with Gasteiger partial charge in [-0.15, -0.1) is 13.2 Å². The second kappa shape index (κ2) is 5.29. The van der Waals surface area contributed by atoms with Gasteiger partial charge in [-0.3, -0.25) is 4.57 Å². The molecule has 6 heteroatoms. The first-order chi connectivity index (χ1) is 10.4. The number of aromatic nitrogens is 2. The molecule has 0 saturated heterocycles. The number of halogens is 3. The van der Waals surface area contributed by atoms with Crippen LogP contribution in [0.3, 0.4) is 0 Å². The minimum atomic E-state index is -4.66. The molecule has 2 aromatic carbocycles. The minimum Gasteiger partial charge on any atom is -0.282 e. The van der Waals surface area contributed by atoms with Crippen molar-refractivity contribution in [2.24, 2.45) is 4.99 Å². The lowest BCUT2D eigenvalue weighted by Gasteiger charge is -2.11. The zero-order chi connectivity index (χ0) is 15.7. The Morgan fingerprint density at radius 1 is 1.09 bits per heavy atom. The van der Waals surface area contributed by atoms with Gasteiger partial charge in [0.25, 0.3) is 0 Å². The molecule has 22 heavy (non-hydrogen) atoms. The molecule has 0 bridgehead atoms. The monoisotopic (exact) mass is 303 g/mol. The molecule has 0 fully saturated rings. The first-order valence-electron chi connectivity index (χ1n) is 6.60. The van der Waals surface area contributed by atoms with Gasteiger partial charge in [-0.05, 0) is 25.1 Å². The van der Waals surface area contributed by atoms with E-state index in [9.17, 15) is 13.2 Å². The van der Waals surface area contributed by atoms with Gasteiger partial charge in [-0.1, -0.05) is 35.9 Å². The number of aryl methyl sites for hydroxylation is 1. The van der Waals surface area contributed by atoms with Crippen LogP contribution in [-0.2, 0) is 0 Å². The van der Waals surface area contributed by atoms with Crippen LogP contribution < -0.4 is 0 Å². The van der Waals surface area contributed by atoms with Crippen molar-refractivity contribution < 1.29 is 13.2 Å². The lowest BCUT2D eigenvalue weighted by Crippen LogP contribution is -2.18. The van der Waals surface area contributed by atoms with E-state index in [1.54, 1.807) is 42.5 Å². The SMILES string of the molecule is Cc1cccc(/C(=N\C(F)(F)F)n2cnc3ccccc32)c1. The number of alkyl halides is 3. The molecule has 0 aliphatic rings. The number of imidazole rings is 1. The predicted octanol–water partition coefficient (Wildman–Crippen LogP) is 4.16. The Morgan fingerprint density at radius 3 is 2.59 bits per heavy atom. The van der Waals surface area contributed by atoms with Crippen LogP contribution in [0.15, 0.2) is 59.9 Å². The summed E-state index contributed by atoms with van der Waals surface area (Å²) in [4.78, 5) is 7.08. The van der Waals surface area contributed by atoms with Gasteiger partial charge in [0, 0.05) is 5.56 Å². The number of fused-ring (bicyclic) bond motifs is 1. The molecule has 3 rings (SSSR count). The van der Waals surface area contributed by atoms with E-state index in [4.69, 9.17) is 0 Å². The molecule has 0 N–H and O–H groups in total. The molecule has 3 aromatic rings. The number of hydrogen-bond acceptors (Lipinski definition) is 2. The van der Waals surface area contributed by atoms with Gasteiger partial charge in [0.2, 0.25) is 0 Å². The van der Waals surface area contributed by atoms with Gasteiger partial charge in [0.05, 0.1) is 11.0 Å². The first-order valence-corrected chi connectivity index (χ1v) is 6.60. The normalized spacial score (nSPS) is 12.8. The van der Waals surface area contributed by atoms with E-state index >= 15 is 0 Å². The van der Waals surface area contributed by atoms with Crippen molar-refractivity contribution in [3.63, 3.8) is 0 Å². The number of para-hydroxylation sites is 2. The molecule has 3 nitrogen and oxygen atoms in total. The highest BCUT2D eigenvalue weighted by atomic mass is 19.4. The molecule has 0 radical (unpaired) electrons. The number of benzene rings is 2. The Balaban J connectivity index is 2.25. The van der Waals surface area contributed by atoms with Crippen LogP contribution in [0.5, 0.6) is 0 Å². The van der Waals surface area contributed by atoms with Crippen molar-refractivity contribution in [2.75, 3.05) is 0 Å². The maximum Gasteiger partial charge on any atom is 0.505 e. The van der Waals surface area contributed by atoms with E-state index in [0.717, 1.165) is 5.56 Å².